The van der Waals surface area contributed by atoms with Gasteiger partial charge in [0.25, 0.3) is 5.91 Å². The van der Waals surface area contributed by atoms with E-state index >= 15 is 0 Å². The average molecular weight is 397 g/mol. The van der Waals surface area contributed by atoms with Crippen molar-refractivity contribution in [2.24, 2.45) is 0 Å². The maximum Gasteiger partial charge on any atom is 0.263 e. The minimum absolute atomic E-state index is 0.0103. The molecule has 5 nitrogen and oxygen atoms in total. The zero-order chi connectivity index (χ0) is 20.6. The summed E-state index contributed by atoms with van der Waals surface area (Å²) >= 11 is 0. The van der Waals surface area contributed by atoms with Gasteiger partial charge in [-0.1, -0.05) is 42.5 Å². The summed E-state index contributed by atoms with van der Waals surface area (Å²) in [5.41, 5.74) is 2.24. The SMILES string of the molecule is Cc1cccc(OC(C)C(=O)N(Cc2ccccc2)C(C)CN2CCOCC2)c1. The van der Waals surface area contributed by atoms with Crippen molar-refractivity contribution in [2.75, 3.05) is 32.8 Å². The number of hydrogen-bond donors (Lipinski definition) is 0. The molecule has 1 aliphatic rings. The summed E-state index contributed by atoms with van der Waals surface area (Å²) in [4.78, 5) is 17.7. The number of amides is 1. The number of hydrogen-bond acceptors (Lipinski definition) is 4. The van der Waals surface area contributed by atoms with Crippen molar-refractivity contribution in [2.45, 2.75) is 39.5 Å². The molecule has 1 saturated heterocycles. The number of carbonyl (C=O) groups excluding carboxylic acids is 1. The highest BCUT2D eigenvalue weighted by Gasteiger charge is 2.28. The fraction of sp³-hybridized carbons (Fsp3) is 0.458. The Balaban J connectivity index is 1.72. The molecule has 0 bridgehead atoms. The number of aryl methyl sites for hydroxylation is 1. The second-order valence-electron chi connectivity index (χ2n) is 7.79. The van der Waals surface area contributed by atoms with Gasteiger partial charge in [-0.15, -0.1) is 0 Å². The molecule has 0 aromatic heterocycles. The van der Waals surface area contributed by atoms with Crippen molar-refractivity contribution < 1.29 is 14.3 Å². The monoisotopic (exact) mass is 396 g/mol. The first-order chi connectivity index (χ1) is 14.0. The molecule has 1 heterocycles. The summed E-state index contributed by atoms with van der Waals surface area (Å²) < 4.78 is 11.4. The molecule has 29 heavy (non-hydrogen) atoms. The van der Waals surface area contributed by atoms with Crippen molar-refractivity contribution >= 4 is 5.91 Å². The van der Waals surface area contributed by atoms with E-state index in [-0.39, 0.29) is 11.9 Å². The van der Waals surface area contributed by atoms with Gasteiger partial charge < -0.3 is 14.4 Å². The van der Waals surface area contributed by atoms with E-state index in [4.69, 9.17) is 9.47 Å². The molecule has 0 N–H and O–H groups in total. The molecule has 0 saturated carbocycles. The molecule has 1 aliphatic heterocycles. The lowest BCUT2D eigenvalue weighted by Gasteiger charge is -2.36. The molecule has 0 aliphatic carbocycles. The molecule has 3 rings (SSSR count). The maximum absolute atomic E-state index is 13.4. The summed E-state index contributed by atoms with van der Waals surface area (Å²) in [6, 6.07) is 18.0. The van der Waals surface area contributed by atoms with Crippen molar-refractivity contribution in [3.8, 4) is 5.75 Å². The number of nitrogens with zero attached hydrogens (tertiary/aromatic N) is 2. The predicted molar refractivity (Wildman–Crippen MR) is 115 cm³/mol. The van der Waals surface area contributed by atoms with Crippen LogP contribution in [-0.4, -0.2) is 60.7 Å². The van der Waals surface area contributed by atoms with Gasteiger partial charge in [-0.2, -0.15) is 0 Å². The third-order valence-electron chi connectivity index (χ3n) is 5.29. The topological polar surface area (TPSA) is 42.0 Å². The highest BCUT2D eigenvalue weighted by atomic mass is 16.5. The summed E-state index contributed by atoms with van der Waals surface area (Å²) in [6.45, 7) is 10.7. The van der Waals surface area contributed by atoms with Gasteiger partial charge in [0.15, 0.2) is 6.10 Å². The van der Waals surface area contributed by atoms with E-state index in [1.807, 2.05) is 61.2 Å². The predicted octanol–water partition coefficient (Wildman–Crippen LogP) is 3.51. The van der Waals surface area contributed by atoms with Crippen molar-refractivity contribution in [3.63, 3.8) is 0 Å². The average Bonchev–Trinajstić information content (AvgIpc) is 2.73. The maximum atomic E-state index is 13.4. The summed E-state index contributed by atoms with van der Waals surface area (Å²) in [5, 5.41) is 0. The van der Waals surface area contributed by atoms with E-state index in [0.717, 1.165) is 49.7 Å². The lowest BCUT2D eigenvalue weighted by molar-refractivity contribution is -0.141. The van der Waals surface area contributed by atoms with Crippen molar-refractivity contribution in [1.82, 2.24) is 9.80 Å². The Hall–Kier alpha value is -2.37. The Bertz CT molecular complexity index is 775. The zero-order valence-corrected chi connectivity index (χ0v) is 17.7. The van der Waals surface area contributed by atoms with Gasteiger partial charge in [0.1, 0.15) is 5.75 Å². The summed E-state index contributed by atoms with van der Waals surface area (Å²) in [6.07, 6.45) is -0.548. The van der Waals surface area contributed by atoms with Gasteiger partial charge in [-0.25, -0.2) is 0 Å². The normalized spacial score (nSPS) is 16.8. The smallest absolute Gasteiger partial charge is 0.263 e. The molecule has 5 heteroatoms. The van der Waals surface area contributed by atoms with E-state index in [1.54, 1.807) is 0 Å². The van der Waals surface area contributed by atoms with Crippen LogP contribution in [0.15, 0.2) is 54.6 Å². The molecule has 2 atom stereocenters. The van der Waals surface area contributed by atoms with Gasteiger partial charge in [-0.05, 0) is 44.0 Å². The van der Waals surface area contributed by atoms with E-state index < -0.39 is 6.10 Å². The second-order valence-corrected chi connectivity index (χ2v) is 7.79. The standard InChI is InChI=1S/C24H32N2O3/c1-19-8-7-11-23(16-19)29-21(3)24(27)26(18-22-9-5-4-6-10-22)20(2)17-25-12-14-28-15-13-25/h4-11,16,20-21H,12-15,17-18H2,1-3H3. The van der Waals surface area contributed by atoms with E-state index in [2.05, 4.69) is 24.0 Å². The summed E-state index contributed by atoms with van der Waals surface area (Å²) in [7, 11) is 0. The number of rotatable bonds is 8. The quantitative estimate of drug-likeness (QED) is 0.685. The van der Waals surface area contributed by atoms with E-state index in [0.29, 0.717) is 6.54 Å². The highest BCUT2D eigenvalue weighted by molar-refractivity contribution is 5.81. The Labute approximate surface area is 174 Å². The summed E-state index contributed by atoms with van der Waals surface area (Å²) in [5.74, 6) is 0.738. The third-order valence-corrected chi connectivity index (χ3v) is 5.29. The fourth-order valence-electron chi connectivity index (χ4n) is 3.66. The first-order valence-corrected chi connectivity index (χ1v) is 10.4. The first-order valence-electron chi connectivity index (χ1n) is 10.4. The van der Waals surface area contributed by atoms with Gasteiger partial charge in [0.05, 0.1) is 13.2 Å². The zero-order valence-electron chi connectivity index (χ0n) is 17.7. The van der Waals surface area contributed by atoms with Crippen LogP contribution in [0.3, 0.4) is 0 Å². The largest absolute Gasteiger partial charge is 0.481 e. The van der Waals surface area contributed by atoms with Gasteiger partial charge in [0.2, 0.25) is 0 Å². The van der Waals surface area contributed by atoms with Crippen LogP contribution in [0.2, 0.25) is 0 Å². The van der Waals surface area contributed by atoms with Crippen LogP contribution in [0.5, 0.6) is 5.75 Å². The van der Waals surface area contributed by atoms with Crippen LogP contribution in [0, 0.1) is 6.92 Å². The van der Waals surface area contributed by atoms with Crippen LogP contribution in [-0.2, 0) is 16.1 Å². The van der Waals surface area contributed by atoms with Gasteiger partial charge in [0, 0.05) is 32.2 Å². The number of carbonyl (C=O) groups is 1. The van der Waals surface area contributed by atoms with Gasteiger partial charge >= 0.3 is 0 Å². The highest BCUT2D eigenvalue weighted by Crippen LogP contribution is 2.18. The molecule has 2 aromatic carbocycles. The lowest BCUT2D eigenvalue weighted by atomic mass is 10.1. The Kier molecular flexibility index (Phi) is 7.67. The van der Waals surface area contributed by atoms with Crippen molar-refractivity contribution in [3.05, 3.63) is 65.7 Å². The number of ether oxygens (including phenoxy) is 2. The Morgan fingerprint density at radius 2 is 1.83 bits per heavy atom. The molecule has 2 unspecified atom stereocenters. The first kappa shape index (κ1) is 21.3. The van der Waals surface area contributed by atoms with E-state index in [1.165, 1.54) is 0 Å². The van der Waals surface area contributed by atoms with Crippen LogP contribution >= 0.6 is 0 Å². The van der Waals surface area contributed by atoms with Crippen LogP contribution in [0.4, 0.5) is 0 Å². The third kappa shape index (κ3) is 6.31. The molecule has 156 valence electrons. The Morgan fingerprint density at radius 1 is 1.10 bits per heavy atom. The fourth-order valence-corrected chi connectivity index (χ4v) is 3.66. The molecule has 1 amide bonds. The van der Waals surface area contributed by atoms with Crippen LogP contribution < -0.4 is 4.74 Å². The lowest BCUT2D eigenvalue weighted by Crippen LogP contribution is -2.50. The van der Waals surface area contributed by atoms with Crippen LogP contribution in [0.1, 0.15) is 25.0 Å². The minimum Gasteiger partial charge on any atom is -0.481 e. The number of morpholine rings is 1. The molecule has 2 aromatic rings. The van der Waals surface area contributed by atoms with Crippen molar-refractivity contribution in [1.29, 1.82) is 0 Å². The molecular weight excluding hydrogens is 364 g/mol. The van der Waals surface area contributed by atoms with E-state index in [9.17, 15) is 4.79 Å². The minimum atomic E-state index is -0.548. The van der Waals surface area contributed by atoms with Gasteiger partial charge in [-0.3, -0.25) is 9.69 Å². The molecule has 0 radical (unpaired) electrons. The molecular formula is C24H32N2O3. The Morgan fingerprint density at radius 3 is 2.52 bits per heavy atom. The van der Waals surface area contributed by atoms with Crippen LogP contribution in [0.25, 0.3) is 0 Å². The second kappa shape index (κ2) is 10.4. The number of benzene rings is 2. The molecule has 0 spiro atoms. The molecule has 1 fully saturated rings.